The zero-order chi connectivity index (χ0) is 12.6. The molecular weight excluding hydrogens is 220 g/mol. The van der Waals surface area contributed by atoms with Gasteiger partial charge in [-0.15, -0.1) is 0 Å². The van der Waals surface area contributed by atoms with Gasteiger partial charge in [0.1, 0.15) is 6.04 Å². The van der Waals surface area contributed by atoms with E-state index in [-0.39, 0.29) is 17.9 Å². The highest BCUT2D eigenvalue weighted by atomic mass is 16.4. The molecule has 2 rings (SSSR count). The average molecular weight is 240 g/mol. The molecule has 2 fully saturated rings. The zero-order valence-corrected chi connectivity index (χ0v) is 10.1. The van der Waals surface area contributed by atoms with E-state index in [0.717, 1.165) is 19.3 Å². The van der Waals surface area contributed by atoms with Gasteiger partial charge in [0.2, 0.25) is 5.91 Å². The van der Waals surface area contributed by atoms with Gasteiger partial charge in [0.05, 0.1) is 0 Å². The van der Waals surface area contributed by atoms with Crippen LogP contribution in [0.3, 0.4) is 0 Å². The SMILES string of the molecule is CC1CCN(C(=O)CC(N)C2CC2)C1C(=O)O. The smallest absolute Gasteiger partial charge is 0.326 e. The monoisotopic (exact) mass is 240 g/mol. The fraction of sp³-hybridized carbons (Fsp3) is 0.833. The van der Waals surface area contributed by atoms with Crippen molar-refractivity contribution in [1.82, 2.24) is 4.90 Å². The maximum atomic E-state index is 12.0. The fourth-order valence-electron chi connectivity index (χ4n) is 2.61. The number of carbonyl (C=O) groups is 2. The van der Waals surface area contributed by atoms with Gasteiger partial charge in [-0.25, -0.2) is 4.79 Å². The quantitative estimate of drug-likeness (QED) is 0.746. The Hall–Kier alpha value is -1.10. The van der Waals surface area contributed by atoms with Gasteiger partial charge in [-0.05, 0) is 31.1 Å². The van der Waals surface area contributed by atoms with Crippen molar-refractivity contribution in [1.29, 1.82) is 0 Å². The Kier molecular flexibility index (Phi) is 3.38. The lowest BCUT2D eigenvalue weighted by Crippen LogP contribution is -2.44. The second-order valence-corrected chi connectivity index (χ2v) is 5.34. The summed E-state index contributed by atoms with van der Waals surface area (Å²) in [7, 11) is 0. The Labute approximate surface area is 101 Å². The molecule has 1 saturated carbocycles. The zero-order valence-electron chi connectivity index (χ0n) is 10.1. The molecule has 17 heavy (non-hydrogen) atoms. The highest BCUT2D eigenvalue weighted by Crippen LogP contribution is 2.33. The average Bonchev–Trinajstić information content (AvgIpc) is 3.01. The van der Waals surface area contributed by atoms with Gasteiger partial charge in [0.15, 0.2) is 0 Å². The lowest BCUT2D eigenvalue weighted by Gasteiger charge is -2.24. The van der Waals surface area contributed by atoms with E-state index in [4.69, 9.17) is 10.8 Å². The number of carboxylic acid groups (broad SMARTS) is 1. The summed E-state index contributed by atoms with van der Waals surface area (Å²) >= 11 is 0. The Bertz CT molecular complexity index is 328. The molecule has 1 aliphatic carbocycles. The van der Waals surface area contributed by atoms with Gasteiger partial charge >= 0.3 is 5.97 Å². The van der Waals surface area contributed by atoms with Gasteiger partial charge in [-0.3, -0.25) is 4.79 Å². The van der Waals surface area contributed by atoms with E-state index < -0.39 is 12.0 Å². The number of nitrogens with zero attached hydrogens (tertiary/aromatic N) is 1. The first-order valence-corrected chi connectivity index (χ1v) is 6.28. The molecule has 0 radical (unpaired) electrons. The Morgan fingerprint density at radius 2 is 2.06 bits per heavy atom. The molecule has 2 aliphatic rings. The van der Waals surface area contributed by atoms with Crippen LogP contribution in [0.5, 0.6) is 0 Å². The molecule has 1 heterocycles. The number of rotatable bonds is 4. The number of carboxylic acids is 1. The number of nitrogens with two attached hydrogens (primary N) is 1. The molecular formula is C12H20N2O3. The van der Waals surface area contributed by atoms with Crippen molar-refractivity contribution in [2.45, 2.75) is 44.7 Å². The molecule has 0 spiro atoms. The van der Waals surface area contributed by atoms with Crippen molar-refractivity contribution in [3.63, 3.8) is 0 Å². The molecule has 1 amide bonds. The fourth-order valence-corrected chi connectivity index (χ4v) is 2.61. The van der Waals surface area contributed by atoms with Crippen LogP contribution in [0, 0.1) is 11.8 Å². The topological polar surface area (TPSA) is 83.6 Å². The van der Waals surface area contributed by atoms with Crippen LogP contribution in [0.25, 0.3) is 0 Å². The van der Waals surface area contributed by atoms with Crippen LogP contribution in [0.2, 0.25) is 0 Å². The summed E-state index contributed by atoms with van der Waals surface area (Å²) in [4.78, 5) is 24.7. The molecule has 1 aliphatic heterocycles. The van der Waals surface area contributed by atoms with E-state index in [1.54, 1.807) is 0 Å². The summed E-state index contributed by atoms with van der Waals surface area (Å²) in [5.41, 5.74) is 5.91. The van der Waals surface area contributed by atoms with Crippen molar-refractivity contribution in [3.8, 4) is 0 Å². The second-order valence-electron chi connectivity index (χ2n) is 5.34. The summed E-state index contributed by atoms with van der Waals surface area (Å²) in [6.07, 6.45) is 3.27. The number of carbonyl (C=O) groups excluding carboxylic acids is 1. The number of hydrogen-bond acceptors (Lipinski definition) is 3. The third kappa shape index (κ3) is 2.60. The molecule has 0 bridgehead atoms. The minimum atomic E-state index is -0.900. The highest BCUT2D eigenvalue weighted by Gasteiger charge is 2.40. The summed E-state index contributed by atoms with van der Waals surface area (Å²) in [5, 5.41) is 9.13. The van der Waals surface area contributed by atoms with Crippen LogP contribution in [-0.4, -0.2) is 40.5 Å². The van der Waals surface area contributed by atoms with E-state index in [0.29, 0.717) is 18.9 Å². The van der Waals surface area contributed by atoms with E-state index >= 15 is 0 Å². The Balaban J connectivity index is 1.95. The largest absolute Gasteiger partial charge is 0.480 e. The molecule has 5 nitrogen and oxygen atoms in total. The van der Waals surface area contributed by atoms with Crippen LogP contribution >= 0.6 is 0 Å². The van der Waals surface area contributed by atoms with Crippen LogP contribution in [0.15, 0.2) is 0 Å². The molecule has 3 unspecified atom stereocenters. The van der Waals surface area contributed by atoms with Crippen molar-refractivity contribution < 1.29 is 14.7 Å². The van der Waals surface area contributed by atoms with Crippen molar-refractivity contribution in [2.75, 3.05) is 6.54 Å². The lowest BCUT2D eigenvalue weighted by molar-refractivity contribution is -0.149. The molecule has 0 aromatic heterocycles. The summed E-state index contributed by atoms with van der Waals surface area (Å²) < 4.78 is 0. The van der Waals surface area contributed by atoms with E-state index in [1.165, 1.54) is 4.90 Å². The van der Waals surface area contributed by atoms with Crippen molar-refractivity contribution in [3.05, 3.63) is 0 Å². The van der Waals surface area contributed by atoms with Gasteiger partial charge < -0.3 is 15.7 Å². The third-order valence-corrected chi connectivity index (χ3v) is 3.91. The summed E-state index contributed by atoms with van der Waals surface area (Å²) in [6, 6.07) is -0.748. The minimum Gasteiger partial charge on any atom is -0.480 e. The standard InChI is InChI=1S/C12H20N2O3/c1-7-4-5-14(11(7)12(16)17)10(15)6-9(13)8-2-3-8/h7-9,11H,2-6,13H2,1H3,(H,16,17). The van der Waals surface area contributed by atoms with Gasteiger partial charge in [-0.1, -0.05) is 6.92 Å². The Morgan fingerprint density at radius 3 is 2.59 bits per heavy atom. The molecule has 96 valence electrons. The first kappa shape index (κ1) is 12.4. The molecule has 3 N–H and O–H groups in total. The van der Waals surface area contributed by atoms with Gasteiger partial charge in [0, 0.05) is 19.0 Å². The first-order chi connectivity index (χ1) is 8.00. The van der Waals surface area contributed by atoms with E-state index in [2.05, 4.69) is 0 Å². The number of hydrogen-bond donors (Lipinski definition) is 2. The summed E-state index contributed by atoms with van der Waals surface area (Å²) in [6.45, 7) is 2.43. The van der Waals surface area contributed by atoms with Gasteiger partial charge in [-0.2, -0.15) is 0 Å². The minimum absolute atomic E-state index is 0.0357. The maximum Gasteiger partial charge on any atom is 0.326 e. The first-order valence-electron chi connectivity index (χ1n) is 6.28. The molecule has 0 aromatic carbocycles. The number of likely N-dealkylation sites (tertiary alicyclic amines) is 1. The predicted molar refractivity (Wildman–Crippen MR) is 62.2 cm³/mol. The maximum absolute atomic E-state index is 12.0. The number of amides is 1. The lowest BCUT2D eigenvalue weighted by atomic mass is 10.0. The van der Waals surface area contributed by atoms with Crippen LogP contribution in [0.1, 0.15) is 32.6 Å². The van der Waals surface area contributed by atoms with E-state index in [9.17, 15) is 9.59 Å². The molecule has 3 atom stereocenters. The normalized spacial score (nSPS) is 30.4. The van der Waals surface area contributed by atoms with Crippen molar-refractivity contribution in [2.24, 2.45) is 17.6 Å². The third-order valence-electron chi connectivity index (χ3n) is 3.91. The van der Waals surface area contributed by atoms with Crippen LogP contribution in [0.4, 0.5) is 0 Å². The molecule has 5 heteroatoms. The second kappa shape index (κ2) is 4.64. The summed E-state index contributed by atoms with van der Waals surface area (Å²) in [5.74, 6) is -0.486. The van der Waals surface area contributed by atoms with Crippen molar-refractivity contribution >= 4 is 11.9 Å². The molecule has 0 aromatic rings. The number of aliphatic carboxylic acids is 1. The Morgan fingerprint density at radius 1 is 1.41 bits per heavy atom. The molecule has 1 saturated heterocycles. The van der Waals surface area contributed by atoms with Gasteiger partial charge in [0.25, 0.3) is 0 Å². The van der Waals surface area contributed by atoms with Crippen LogP contribution in [-0.2, 0) is 9.59 Å². The van der Waals surface area contributed by atoms with Crippen LogP contribution < -0.4 is 5.73 Å². The highest BCUT2D eigenvalue weighted by molar-refractivity contribution is 5.84. The predicted octanol–water partition coefficient (Wildman–Crippen LogP) is 0.435. The van der Waals surface area contributed by atoms with E-state index in [1.807, 2.05) is 6.92 Å².